The summed E-state index contributed by atoms with van der Waals surface area (Å²) in [6, 6.07) is 1.85. The molecule has 1 aromatic heterocycles. The molecule has 1 fully saturated rings. The predicted molar refractivity (Wildman–Crippen MR) is 62.3 cm³/mol. The Bertz CT molecular complexity index is 463. The monoisotopic (exact) mass is 261 g/mol. The van der Waals surface area contributed by atoms with Crippen LogP contribution < -0.4 is 5.32 Å². The summed E-state index contributed by atoms with van der Waals surface area (Å²) in [5, 5.41) is 10.9. The minimum atomic E-state index is -2.81. The van der Waals surface area contributed by atoms with Crippen molar-refractivity contribution in [2.75, 3.05) is 16.8 Å². The zero-order valence-electron chi connectivity index (χ0n) is 8.56. The predicted octanol–water partition coefficient (Wildman–Crippen LogP) is 1.12. The van der Waals surface area contributed by atoms with Gasteiger partial charge >= 0.3 is 0 Å². The first-order chi connectivity index (χ1) is 7.55. The molecule has 0 spiro atoms. The molecule has 0 saturated carbocycles. The van der Waals surface area contributed by atoms with Crippen molar-refractivity contribution < 1.29 is 8.42 Å². The minimum Gasteiger partial charge on any atom is -0.381 e. The van der Waals surface area contributed by atoms with Crippen LogP contribution in [-0.4, -0.2) is 36.2 Å². The number of hydrogen-bond acceptors (Lipinski definition) is 5. The first kappa shape index (κ1) is 11.6. The highest BCUT2D eigenvalue weighted by atomic mass is 35.5. The molecule has 1 aromatic rings. The first-order valence-corrected chi connectivity index (χ1v) is 7.20. The Labute approximate surface area is 99.1 Å². The lowest BCUT2D eigenvalue weighted by Gasteiger charge is -2.23. The van der Waals surface area contributed by atoms with E-state index in [1.807, 2.05) is 0 Å². The highest BCUT2D eigenvalue weighted by Crippen LogP contribution is 2.18. The number of nitrogens with zero attached hydrogens (tertiary/aromatic N) is 2. The fraction of sp³-hybridized carbons (Fsp3) is 0.556. The van der Waals surface area contributed by atoms with E-state index in [-0.39, 0.29) is 17.5 Å². The van der Waals surface area contributed by atoms with Crippen LogP contribution in [0.3, 0.4) is 0 Å². The van der Waals surface area contributed by atoms with Crippen molar-refractivity contribution in [2.24, 2.45) is 0 Å². The van der Waals surface area contributed by atoms with Gasteiger partial charge in [0.05, 0.1) is 23.4 Å². The summed E-state index contributed by atoms with van der Waals surface area (Å²) in [5.41, 5.74) is 0.782. The van der Waals surface area contributed by atoms with Crippen molar-refractivity contribution in [1.82, 2.24) is 10.2 Å². The Kier molecular flexibility index (Phi) is 3.30. The highest BCUT2D eigenvalue weighted by molar-refractivity contribution is 7.91. The third kappa shape index (κ3) is 3.05. The maximum atomic E-state index is 11.2. The standard InChI is InChI=1S/C9H12ClN3O2S/c10-9-5-8(6-11-13-9)12-7-1-3-16(14,15)4-2-7/h5-7H,1-4H2,(H,12,13). The summed E-state index contributed by atoms with van der Waals surface area (Å²) < 4.78 is 22.5. The summed E-state index contributed by atoms with van der Waals surface area (Å²) in [7, 11) is -2.81. The van der Waals surface area contributed by atoms with E-state index >= 15 is 0 Å². The Morgan fingerprint density at radius 3 is 2.69 bits per heavy atom. The molecule has 0 atom stereocenters. The molecule has 7 heteroatoms. The van der Waals surface area contributed by atoms with Gasteiger partial charge in [0.1, 0.15) is 9.84 Å². The van der Waals surface area contributed by atoms with Crippen molar-refractivity contribution in [3.05, 3.63) is 17.4 Å². The summed E-state index contributed by atoms with van der Waals surface area (Å²) in [6.45, 7) is 0. The SMILES string of the molecule is O=S1(=O)CCC(Nc2cnnc(Cl)c2)CC1. The molecule has 1 saturated heterocycles. The van der Waals surface area contributed by atoms with Crippen molar-refractivity contribution in [3.8, 4) is 0 Å². The van der Waals surface area contributed by atoms with Gasteiger partial charge in [-0.3, -0.25) is 0 Å². The van der Waals surface area contributed by atoms with E-state index in [0.717, 1.165) is 5.69 Å². The van der Waals surface area contributed by atoms with Crippen LogP contribution in [0.25, 0.3) is 0 Å². The van der Waals surface area contributed by atoms with Gasteiger partial charge < -0.3 is 5.32 Å². The lowest BCUT2D eigenvalue weighted by Crippen LogP contribution is -2.32. The Hall–Kier alpha value is -0.880. The second kappa shape index (κ2) is 4.55. The van der Waals surface area contributed by atoms with Crippen molar-refractivity contribution in [3.63, 3.8) is 0 Å². The molecule has 16 heavy (non-hydrogen) atoms. The quantitative estimate of drug-likeness (QED) is 0.864. The molecule has 5 nitrogen and oxygen atoms in total. The van der Waals surface area contributed by atoms with E-state index in [1.54, 1.807) is 12.3 Å². The summed E-state index contributed by atoms with van der Waals surface area (Å²) in [6.07, 6.45) is 2.83. The molecular formula is C9H12ClN3O2S. The molecule has 2 heterocycles. The van der Waals surface area contributed by atoms with Crippen LogP contribution in [-0.2, 0) is 9.84 Å². The molecule has 2 rings (SSSR count). The second-order valence-electron chi connectivity index (χ2n) is 3.84. The van der Waals surface area contributed by atoms with Crippen LogP contribution >= 0.6 is 11.6 Å². The molecule has 0 aliphatic carbocycles. The van der Waals surface area contributed by atoms with Gasteiger partial charge in [-0.05, 0) is 12.8 Å². The molecule has 0 amide bonds. The van der Waals surface area contributed by atoms with E-state index in [2.05, 4.69) is 15.5 Å². The van der Waals surface area contributed by atoms with Gasteiger partial charge in [-0.2, -0.15) is 5.10 Å². The van der Waals surface area contributed by atoms with Crippen molar-refractivity contribution in [1.29, 1.82) is 0 Å². The normalized spacial score (nSPS) is 20.6. The van der Waals surface area contributed by atoms with Gasteiger partial charge in [0, 0.05) is 12.1 Å². The van der Waals surface area contributed by atoms with Gasteiger partial charge in [0.2, 0.25) is 0 Å². The third-order valence-corrected chi connectivity index (χ3v) is 4.45. The van der Waals surface area contributed by atoms with E-state index in [9.17, 15) is 8.42 Å². The fourth-order valence-corrected chi connectivity index (χ4v) is 3.34. The number of sulfone groups is 1. The molecule has 0 aromatic carbocycles. The largest absolute Gasteiger partial charge is 0.381 e. The van der Waals surface area contributed by atoms with E-state index in [4.69, 9.17) is 11.6 Å². The topological polar surface area (TPSA) is 72.0 Å². The van der Waals surface area contributed by atoms with Crippen LogP contribution in [0, 0.1) is 0 Å². The zero-order valence-corrected chi connectivity index (χ0v) is 10.1. The van der Waals surface area contributed by atoms with E-state index in [0.29, 0.717) is 18.0 Å². The molecule has 0 unspecified atom stereocenters. The molecule has 1 aliphatic rings. The van der Waals surface area contributed by atoms with Gasteiger partial charge in [-0.1, -0.05) is 11.6 Å². The first-order valence-electron chi connectivity index (χ1n) is 5.00. The van der Waals surface area contributed by atoms with E-state index in [1.165, 1.54) is 0 Å². The van der Waals surface area contributed by atoms with Crippen LogP contribution in [0.2, 0.25) is 5.15 Å². The number of hydrogen-bond donors (Lipinski definition) is 1. The summed E-state index contributed by atoms with van der Waals surface area (Å²) in [5.74, 6) is 0.494. The maximum absolute atomic E-state index is 11.2. The number of anilines is 1. The number of halogens is 1. The van der Waals surface area contributed by atoms with Crippen molar-refractivity contribution in [2.45, 2.75) is 18.9 Å². The molecule has 1 aliphatic heterocycles. The minimum absolute atomic E-state index is 0.170. The van der Waals surface area contributed by atoms with Crippen molar-refractivity contribution >= 4 is 27.1 Å². The number of nitrogens with one attached hydrogen (secondary N) is 1. The number of aromatic nitrogens is 2. The average molecular weight is 262 g/mol. The van der Waals surface area contributed by atoms with Gasteiger partial charge in [-0.25, -0.2) is 8.42 Å². The van der Waals surface area contributed by atoms with Crippen LogP contribution in [0.1, 0.15) is 12.8 Å². The van der Waals surface area contributed by atoms with Crippen LogP contribution in [0.4, 0.5) is 5.69 Å². The maximum Gasteiger partial charge on any atom is 0.153 e. The van der Waals surface area contributed by atoms with Gasteiger partial charge in [0.15, 0.2) is 5.15 Å². The van der Waals surface area contributed by atoms with Crippen LogP contribution in [0.15, 0.2) is 12.3 Å². The lowest BCUT2D eigenvalue weighted by atomic mass is 10.1. The molecule has 1 N–H and O–H groups in total. The molecular weight excluding hydrogens is 250 g/mol. The smallest absolute Gasteiger partial charge is 0.153 e. The Morgan fingerprint density at radius 1 is 1.38 bits per heavy atom. The molecule has 0 radical (unpaired) electrons. The summed E-state index contributed by atoms with van der Waals surface area (Å²) >= 11 is 5.70. The lowest BCUT2D eigenvalue weighted by molar-refractivity contribution is 0.559. The Balaban J connectivity index is 1.97. The summed E-state index contributed by atoms with van der Waals surface area (Å²) in [4.78, 5) is 0. The Morgan fingerprint density at radius 2 is 2.06 bits per heavy atom. The average Bonchev–Trinajstić information content (AvgIpc) is 2.21. The van der Waals surface area contributed by atoms with E-state index < -0.39 is 9.84 Å². The van der Waals surface area contributed by atoms with Crippen LogP contribution in [0.5, 0.6) is 0 Å². The molecule has 88 valence electrons. The number of rotatable bonds is 2. The third-order valence-electron chi connectivity index (χ3n) is 2.55. The van der Waals surface area contributed by atoms with Gasteiger partial charge in [-0.15, -0.1) is 5.10 Å². The fourth-order valence-electron chi connectivity index (χ4n) is 1.69. The zero-order chi connectivity index (χ0) is 11.6. The second-order valence-corrected chi connectivity index (χ2v) is 6.53. The van der Waals surface area contributed by atoms with Gasteiger partial charge in [0.25, 0.3) is 0 Å². The highest BCUT2D eigenvalue weighted by Gasteiger charge is 2.23. The molecule has 0 bridgehead atoms.